The van der Waals surface area contributed by atoms with Crippen molar-refractivity contribution in [2.24, 2.45) is 17.8 Å². The first kappa shape index (κ1) is 22.0. The van der Waals surface area contributed by atoms with Gasteiger partial charge in [-0.1, -0.05) is 43.9 Å². The summed E-state index contributed by atoms with van der Waals surface area (Å²) in [5.74, 6) is 2.61. The molecule has 3 rings (SSSR count). The van der Waals surface area contributed by atoms with E-state index in [4.69, 9.17) is 5.26 Å². The highest BCUT2D eigenvalue weighted by Gasteiger charge is 2.25. The number of alkyl halides is 1. The number of rotatable bonds is 8. The Morgan fingerprint density at radius 2 is 1.52 bits per heavy atom. The van der Waals surface area contributed by atoms with Crippen LogP contribution in [0, 0.1) is 34.9 Å². The molecule has 0 spiro atoms. The first-order valence-corrected chi connectivity index (χ1v) is 11.6. The Balaban J connectivity index is 1.34. The van der Waals surface area contributed by atoms with E-state index in [9.17, 15) is 8.78 Å². The molecule has 0 heterocycles. The van der Waals surface area contributed by atoms with Crippen molar-refractivity contribution in [3.63, 3.8) is 0 Å². The molecule has 2 aliphatic carbocycles. The third-order valence-electron chi connectivity index (χ3n) is 7.29. The molecule has 2 aliphatic rings. The maximum absolute atomic E-state index is 13.9. The van der Waals surface area contributed by atoms with Gasteiger partial charge in [-0.3, -0.25) is 4.39 Å². The van der Waals surface area contributed by atoms with Crippen molar-refractivity contribution in [1.82, 2.24) is 0 Å². The van der Waals surface area contributed by atoms with Crippen LogP contribution in [0.3, 0.4) is 0 Å². The smallest absolute Gasteiger partial charge is 0.141 e. The first-order valence-electron chi connectivity index (χ1n) is 11.6. The van der Waals surface area contributed by atoms with Crippen LogP contribution in [0.1, 0.15) is 94.1 Å². The Kier molecular flexibility index (Phi) is 8.71. The van der Waals surface area contributed by atoms with Gasteiger partial charge in [-0.25, -0.2) is 4.39 Å². The quantitative estimate of drug-likeness (QED) is 0.408. The summed E-state index contributed by atoms with van der Waals surface area (Å²) >= 11 is 0. The summed E-state index contributed by atoms with van der Waals surface area (Å²) in [7, 11) is 0. The maximum atomic E-state index is 13.9. The molecular weight excluding hydrogens is 364 g/mol. The van der Waals surface area contributed by atoms with E-state index >= 15 is 0 Å². The summed E-state index contributed by atoms with van der Waals surface area (Å²) in [4.78, 5) is 0. The zero-order chi connectivity index (χ0) is 20.5. The van der Waals surface area contributed by atoms with Crippen LogP contribution in [0.25, 0.3) is 0 Å². The number of hydrogen-bond donors (Lipinski definition) is 0. The van der Waals surface area contributed by atoms with Crippen LogP contribution in [0.5, 0.6) is 0 Å². The van der Waals surface area contributed by atoms with E-state index in [-0.39, 0.29) is 18.1 Å². The van der Waals surface area contributed by atoms with Gasteiger partial charge in [0.2, 0.25) is 0 Å². The van der Waals surface area contributed by atoms with Crippen LogP contribution >= 0.6 is 0 Å². The third-order valence-corrected chi connectivity index (χ3v) is 7.29. The topological polar surface area (TPSA) is 23.8 Å². The largest absolute Gasteiger partial charge is 0.251 e. The van der Waals surface area contributed by atoms with Crippen molar-refractivity contribution >= 4 is 0 Å². The normalized spacial score (nSPS) is 27.8. The number of nitrogens with zero attached hydrogens (tertiary/aromatic N) is 1. The van der Waals surface area contributed by atoms with Crippen LogP contribution < -0.4 is 0 Å². The Morgan fingerprint density at radius 3 is 2.10 bits per heavy atom. The zero-order valence-corrected chi connectivity index (χ0v) is 17.6. The van der Waals surface area contributed by atoms with Crippen molar-refractivity contribution in [2.45, 2.75) is 83.0 Å². The number of allylic oxidation sites excluding steroid dienone is 2. The minimum Gasteiger partial charge on any atom is -0.251 e. The predicted molar refractivity (Wildman–Crippen MR) is 115 cm³/mol. The second kappa shape index (κ2) is 11.5. The number of halogens is 2. The summed E-state index contributed by atoms with van der Waals surface area (Å²) in [5.41, 5.74) is 1.21. The van der Waals surface area contributed by atoms with Gasteiger partial charge in [0.15, 0.2) is 0 Å². The van der Waals surface area contributed by atoms with Gasteiger partial charge in [0.25, 0.3) is 0 Å². The van der Waals surface area contributed by atoms with E-state index in [0.29, 0.717) is 12.3 Å². The molecule has 158 valence electrons. The molecule has 3 heteroatoms. The molecule has 0 N–H and O–H groups in total. The van der Waals surface area contributed by atoms with Gasteiger partial charge in [0.05, 0.1) is 12.2 Å². The lowest BCUT2D eigenvalue weighted by molar-refractivity contribution is 0.231. The van der Waals surface area contributed by atoms with Crippen LogP contribution in [-0.4, -0.2) is 6.67 Å². The zero-order valence-electron chi connectivity index (χ0n) is 17.6. The van der Waals surface area contributed by atoms with E-state index in [1.165, 1.54) is 51.4 Å². The lowest BCUT2D eigenvalue weighted by Gasteiger charge is -2.32. The van der Waals surface area contributed by atoms with E-state index in [1.54, 1.807) is 12.1 Å². The minimum atomic E-state index is -0.374. The van der Waals surface area contributed by atoms with Gasteiger partial charge in [-0.15, -0.1) is 0 Å². The van der Waals surface area contributed by atoms with Gasteiger partial charge < -0.3 is 0 Å². The van der Waals surface area contributed by atoms with Gasteiger partial charge in [0.1, 0.15) is 11.9 Å². The molecule has 29 heavy (non-hydrogen) atoms. The Labute approximate surface area is 175 Å². The fourth-order valence-electron chi connectivity index (χ4n) is 5.36. The molecule has 0 bridgehead atoms. The second-order valence-corrected chi connectivity index (χ2v) is 9.22. The first-order chi connectivity index (χ1) is 14.2. The Hall–Kier alpha value is -1.69. The lowest BCUT2D eigenvalue weighted by Crippen LogP contribution is -2.17. The summed E-state index contributed by atoms with van der Waals surface area (Å²) in [6.45, 7) is -0.241. The minimum absolute atomic E-state index is 0.146. The van der Waals surface area contributed by atoms with Gasteiger partial charge in [-0.2, -0.15) is 5.26 Å². The van der Waals surface area contributed by atoms with Crippen molar-refractivity contribution in [3.8, 4) is 6.07 Å². The monoisotopic (exact) mass is 399 g/mol. The molecule has 0 radical (unpaired) electrons. The van der Waals surface area contributed by atoms with Crippen molar-refractivity contribution in [3.05, 3.63) is 47.3 Å². The molecule has 0 unspecified atom stereocenters. The molecule has 1 nitrogen and oxygen atoms in total. The van der Waals surface area contributed by atoms with Gasteiger partial charge in [0, 0.05) is 0 Å². The van der Waals surface area contributed by atoms with Gasteiger partial charge in [-0.05, 0) is 92.7 Å². The molecule has 0 saturated heterocycles. The molecular formula is C26H35F2N. The Morgan fingerprint density at radius 1 is 0.897 bits per heavy atom. The average Bonchev–Trinajstić information content (AvgIpc) is 2.76. The van der Waals surface area contributed by atoms with Gasteiger partial charge >= 0.3 is 0 Å². The molecule has 0 aliphatic heterocycles. The standard InChI is InChI=1S/C26H35F2N/c27-17-3-1-2-4-20-5-7-21(8-6-20)9-10-22-11-13-23(14-12-22)24-15-16-25(19-29)26(28)18-24/h1-2,15-16,18,20-23H,3-14,17H2/b2-1+/t20-,21-,22?,23?. The highest BCUT2D eigenvalue weighted by Crippen LogP contribution is 2.40. The SMILES string of the molecule is N#Cc1ccc(C2CCC(CC[C@H]3CC[C@H](C/C=C/CCF)CC3)CC2)cc1F. The molecule has 2 fully saturated rings. The molecule has 1 aromatic carbocycles. The molecule has 0 aromatic heterocycles. The van der Waals surface area contributed by atoms with E-state index < -0.39 is 0 Å². The number of nitriles is 1. The fraction of sp³-hybridized carbons (Fsp3) is 0.654. The number of hydrogen-bond acceptors (Lipinski definition) is 1. The van der Waals surface area contributed by atoms with Crippen molar-refractivity contribution in [2.75, 3.05) is 6.67 Å². The maximum Gasteiger partial charge on any atom is 0.141 e. The number of benzene rings is 1. The average molecular weight is 400 g/mol. The summed E-state index contributed by atoms with van der Waals surface area (Å²) < 4.78 is 26.0. The molecule has 0 atom stereocenters. The molecule has 1 aromatic rings. The second-order valence-electron chi connectivity index (χ2n) is 9.22. The highest BCUT2D eigenvalue weighted by molar-refractivity contribution is 5.34. The van der Waals surface area contributed by atoms with Crippen LogP contribution in [0.15, 0.2) is 30.4 Å². The van der Waals surface area contributed by atoms with E-state index in [0.717, 1.165) is 42.6 Å². The van der Waals surface area contributed by atoms with E-state index in [2.05, 4.69) is 6.08 Å². The molecule has 0 amide bonds. The summed E-state index contributed by atoms with van der Waals surface area (Å²) in [5, 5.41) is 8.89. The third kappa shape index (κ3) is 6.66. The van der Waals surface area contributed by atoms with Crippen molar-refractivity contribution in [1.29, 1.82) is 5.26 Å². The van der Waals surface area contributed by atoms with Crippen LogP contribution in [-0.2, 0) is 0 Å². The predicted octanol–water partition coefficient (Wildman–Crippen LogP) is 7.86. The molecule has 2 saturated carbocycles. The lowest BCUT2D eigenvalue weighted by atomic mass is 9.74. The fourth-order valence-corrected chi connectivity index (χ4v) is 5.36. The van der Waals surface area contributed by atoms with Crippen molar-refractivity contribution < 1.29 is 8.78 Å². The highest BCUT2D eigenvalue weighted by atomic mass is 19.1. The van der Waals surface area contributed by atoms with Crippen LogP contribution in [0.4, 0.5) is 8.78 Å². The Bertz CT molecular complexity index is 689. The summed E-state index contributed by atoms with van der Waals surface area (Å²) in [6, 6.07) is 7.06. The van der Waals surface area contributed by atoms with Crippen LogP contribution in [0.2, 0.25) is 0 Å². The summed E-state index contributed by atoms with van der Waals surface area (Å²) in [6.07, 6.45) is 18.8. The van der Waals surface area contributed by atoms with E-state index in [1.807, 2.05) is 18.2 Å².